The molecule has 1 aliphatic heterocycles. The molecule has 0 unspecified atom stereocenters. The Morgan fingerprint density at radius 3 is 2.57 bits per heavy atom. The van der Waals surface area contributed by atoms with Crippen LogP contribution < -0.4 is 16.0 Å². The highest BCUT2D eigenvalue weighted by Gasteiger charge is 2.23. The first kappa shape index (κ1) is 22.8. The van der Waals surface area contributed by atoms with E-state index in [9.17, 15) is 9.18 Å². The van der Waals surface area contributed by atoms with Crippen LogP contribution in [0.5, 0.6) is 0 Å². The summed E-state index contributed by atoms with van der Waals surface area (Å²) in [6, 6.07) is 14.4. The number of amides is 1. The van der Waals surface area contributed by atoms with Crippen LogP contribution in [0.3, 0.4) is 0 Å². The third kappa shape index (κ3) is 4.42. The molecular formula is C26H27FN6O2. The van der Waals surface area contributed by atoms with Crippen molar-refractivity contribution in [3.05, 3.63) is 76.9 Å². The Morgan fingerprint density at radius 2 is 1.86 bits per heavy atom. The highest BCUT2D eigenvalue weighted by molar-refractivity contribution is 6.06. The molecule has 8 nitrogen and oxygen atoms in total. The van der Waals surface area contributed by atoms with Crippen molar-refractivity contribution in [2.24, 2.45) is 5.73 Å². The first-order chi connectivity index (χ1) is 16.9. The Hall–Kier alpha value is -3.98. The Labute approximate surface area is 202 Å². The molecule has 0 spiro atoms. The maximum atomic E-state index is 14.4. The van der Waals surface area contributed by atoms with Gasteiger partial charge in [0.2, 0.25) is 11.9 Å². The lowest BCUT2D eigenvalue weighted by Gasteiger charge is -2.31. The van der Waals surface area contributed by atoms with Gasteiger partial charge in [-0.25, -0.2) is 9.37 Å². The van der Waals surface area contributed by atoms with Crippen LogP contribution in [0, 0.1) is 19.7 Å². The maximum absolute atomic E-state index is 14.4. The fourth-order valence-electron chi connectivity index (χ4n) is 4.60. The molecule has 1 fully saturated rings. The van der Waals surface area contributed by atoms with Crippen LogP contribution in [0.4, 0.5) is 15.9 Å². The molecule has 5 rings (SSSR count). The number of aromatic nitrogens is 3. The number of anilines is 2. The number of ether oxygens (including phenoxy) is 1. The van der Waals surface area contributed by atoms with Gasteiger partial charge in [0, 0.05) is 30.7 Å². The first-order valence-electron chi connectivity index (χ1n) is 11.5. The van der Waals surface area contributed by atoms with Gasteiger partial charge in [-0.05, 0) is 37.6 Å². The average Bonchev–Trinajstić information content (AvgIpc) is 3.18. The summed E-state index contributed by atoms with van der Waals surface area (Å²) in [5.41, 5.74) is 9.74. The van der Waals surface area contributed by atoms with Crippen LogP contribution in [0.2, 0.25) is 0 Å². The lowest BCUT2D eigenvalue weighted by Crippen LogP contribution is -2.37. The van der Waals surface area contributed by atoms with Gasteiger partial charge in [-0.3, -0.25) is 9.36 Å². The van der Waals surface area contributed by atoms with Crippen molar-refractivity contribution in [3.8, 4) is 5.95 Å². The zero-order chi connectivity index (χ0) is 24.5. The number of nitrogens with zero attached hydrogens (tertiary/aromatic N) is 4. The Kier molecular flexibility index (Phi) is 6.08. The van der Waals surface area contributed by atoms with Gasteiger partial charge >= 0.3 is 0 Å². The Bertz CT molecular complexity index is 1400. The Morgan fingerprint density at radius 1 is 1.11 bits per heavy atom. The lowest BCUT2D eigenvalue weighted by molar-refractivity contribution is 0.100. The summed E-state index contributed by atoms with van der Waals surface area (Å²) in [5.74, 6) is -0.152. The molecular weight excluding hydrogens is 447 g/mol. The number of hydrogen-bond donors (Lipinski definition) is 2. The predicted octanol–water partition coefficient (Wildman–Crippen LogP) is 3.72. The summed E-state index contributed by atoms with van der Waals surface area (Å²) in [4.78, 5) is 23.9. The smallest absolute Gasteiger partial charge is 0.249 e. The third-order valence-electron chi connectivity index (χ3n) is 6.21. The zero-order valence-corrected chi connectivity index (χ0v) is 19.7. The van der Waals surface area contributed by atoms with Crippen molar-refractivity contribution in [2.75, 3.05) is 36.5 Å². The normalized spacial score (nSPS) is 13.9. The third-order valence-corrected chi connectivity index (χ3v) is 6.21. The number of morpholine rings is 1. The van der Waals surface area contributed by atoms with Gasteiger partial charge in [0.05, 0.1) is 30.0 Å². The van der Waals surface area contributed by atoms with Crippen LogP contribution in [0.25, 0.3) is 16.9 Å². The lowest BCUT2D eigenvalue weighted by atomic mass is 10.1. The molecule has 0 radical (unpaired) electrons. The molecule has 4 aromatic rings. The van der Waals surface area contributed by atoms with Crippen molar-refractivity contribution in [1.29, 1.82) is 0 Å². The first-order valence-corrected chi connectivity index (χ1v) is 11.5. The minimum absolute atomic E-state index is 0.130. The summed E-state index contributed by atoms with van der Waals surface area (Å²) >= 11 is 0. The highest BCUT2D eigenvalue weighted by atomic mass is 19.1. The number of carbonyl (C=O) groups excluding carboxylic acids is 1. The van der Waals surface area contributed by atoms with E-state index in [-0.39, 0.29) is 5.56 Å². The maximum Gasteiger partial charge on any atom is 0.249 e. The fourth-order valence-corrected chi connectivity index (χ4v) is 4.60. The molecule has 1 amide bonds. The molecule has 3 N–H and O–H groups in total. The molecule has 2 aromatic heterocycles. The summed E-state index contributed by atoms with van der Waals surface area (Å²) < 4.78 is 21.7. The largest absolute Gasteiger partial charge is 0.378 e. The molecule has 1 aliphatic rings. The highest BCUT2D eigenvalue weighted by Crippen LogP contribution is 2.32. The SMILES string of the molecule is Cc1nc(-n2c(C)cc3c(C(N)=O)cc(F)cc32)nc(NCc2ccccc2)c1N1CCOCC1. The zero-order valence-electron chi connectivity index (χ0n) is 19.7. The summed E-state index contributed by atoms with van der Waals surface area (Å²) in [7, 11) is 0. The molecule has 0 aliphatic carbocycles. The average molecular weight is 475 g/mol. The quantitative estimate of drug-likeness (QED) is 0.442. The molecule has 2 aromatic carbocycles. The summed E-state index contributed by atoms with van der Waals surface area (Å²) in [5, 5.41) is 4.05. The number of aryl methyl sites for hydroxylation is 2. The second kappa shape index (κ2) is 9.34. The van der Waals surface area contributed by atoms with Crippen LogP contribution in [-0.2, 0) is 11.3 Å². The number of benzene rings is 2. The monoisotopic (exact) mass is 474 g/mol. The van der Waals surface area contributed by atoms with E-state index in [1.54, 1.807) is 10.6 Å². The molecule has 1 saturated heterocycles. The molecule has 0 bridgehead atoms. The number of halogens is 1. The number of primary amides is 1. The second-order valence-electron chi connectivity index (χ2n) is 8.62. The van der Waals surface area contributed by atoms with E-state index >= 15 is 0 Å². The van der Waals surface area contributed by atoms with Crippen LogP contribution in [0.15, 0.2) is 48.5 Å². The number of rotatable bonds is 6. The molecule has 0 atom stereocenters. The van der Waals surface area contributed by atoms with E-state index in [1.165, 1.54) is 6.07 Å². The van der Waals surface area contributed by atoms with E-state index in [1.807, 2.05) is 44.2 Å². The number of hydrogen-bond acceptors (Lipinski definition) is 6. The van der Waals surface area contributed by atoms with Crippen molar-refractivity contribution < 1.29 is 13.9 Å². The van der Waals surface area contributed by atoms with Gasteiger partial charge in [0.15, 0.2) is 5.82 Å². The minimum Gasteiger partial charge on any atom is -0.378 e. The van der Waals surface area contributed by atoms with Crippen molar-refractivity contribution in [2.45, 2.75) is 20.4 Å². The molecule has 9 heteroatoms. The molecule has 35 heavy (non-hydrogen) atoms. The van der Waals surface area contributed by atoms with Gasteiger partial charge in [-0.2, -0.15) is 4.98 Å². The van der Waals surface area contributed by atoms with Crippen molar-refractivity contribution >= 4 is 28.3 Å². The number of nitrogens with two attached hydrogens (primary N) is 1. The minimum atomic E-state index is -0.684. The van der Waals surface area contributed by atoms with E-state index < -0.39 is 11.7 Å². The fraction of sp³-hybridized carbons (Fsp3) is 0.269. The summed E-state index contributed by atoms with van der Waals surface area (Å²) in [6.07, 6.45) is 0. The van der Waals surface area contributed by atoms with Crippen molar-refractivity contribution in [3.63, 3.8) is 0 Å². The second-order valence-corrected chi connectivity index (χ2v) is 8.62. The number of fused-ring (bicyclic) bond motifs is 1. The Balaban J connectivity index is 1.65. The van der Waals surface area contributed by atoms with Gasteiger partial charge in [-0.1, -0.05) is 30.3 Å². The van der Waals surface area contributed by atoms with Crippen LogP contribution in [0.1, 0.15) is 27.3 Å². The van der Waals surface area contributed by atoms with Gasteiger partial charge in [0.25, 0.3) is 0 Å². The van der Waals surface area contributed by atoms with E-state index in [0.717, 1.165) is 41.8 Å². The van der Waals surface area contributed by atoms with Crippen molar-refractivity contribution in [1.82, 2.24) is 14.5 Å². The molecule has 3 heterocycles. The van der Waals surface area contributed by atoms with Gasteiger partial charge in [-0.15, -0.1) is 0 Å². The topological polar surface area (TPSA) is 98.3 Å². The summed E-state index contributed by atoms with van der Waals surface area (Å²) in [6.45, 7) is 7.14. The standard InChI is InChI=1S/C26H27FN6O2/c1-16-12-20-21(24(28)34)13-19(27)14-22(20)33(16)26-30-17(2)23(32-8-10-35-11-9-32)25(31-26)29-15-18-6-4-3-5-7-18/h3-7,12-14H,8-11,15H2,1-2H3,(H2,28,34)(H,29,30,31). The van der Waals surface area contributed by atoms with Gasteiger partial charge in [0.1, 0.15) is 11.5 Å². The van der Waals surface area contributed by atoms with E-state index in [4.69, 9.17) is 20.4 Å². The molecule has 0 saturated carbocycles. The molecule has 180 valence electrons. The van der Waals surface area contributed by atoms with Gasteiger partial charge < -0.3 is 20.7 Å². The van der Waals surface area contributed by atoms with Crippen LogP contribution in [-0.4, -0.2) is 46.7 Å². The predicted molar refractivity (Wildman–Crippen MR) is 134 cm³/mol. The van der Waals surface area contributed by atoms with E-state index in [0.29, 0.717) is 42.4 Å². The van der Waals surface area contributed by atoms with E-state index in [2.05, 4.69) is 10.2 Å². The number of nitrogens with one attached hydrogen (secondary N) is 1. The number of carbonyl (C=O) groups is 1. The van der Waals surface area contributed by atoms with Crippen LogP contribution >= 0.6 is 0 Å².